The molecule has 3 heteroatoms. The van der Waals surface area contributed by atoms with Crippen molar-refractivity contribution in [2.45, 2.75) is 45.4 Å². The van der Waals surface area contributed by atoms with Gasteiger partial charge in [-0.2, -0.15) is 0 Å². The minimum absolute atomic E-state index is 0.0720. The van der Waals surface area contributed by atoms with Crippen molar-refractivity contribution >= 4 is 5.97 Å². The summed E-state index contributed by atoms with van der Waals surface area (Å²) in [4.78, 5) is 11.0. The largest absolute Gasteiger partial charge is 0.481 e. The van der Waals surface area contributed by atoms with Crippen LogP contribution in [0.1, 0.15) is 45.4 Å². The second-order valence-corrected chi connectivity index (χ2v) is 5.38. The third-order valence-electron chi connectivity index (χ3n) is 4.68. The molecule has 1 saturated heterocycles. The number of ether oxygens (including phenoxy) is 1. The summed E-state index contributed by atoms with van der Waals surface area (Å²) in [6.45, 7) is 3.87. The first-order valence-electron chi connectivity index (χ1n) is 5.88. The van der Waals surface area contributed by atoms with Crippen molar-refractivity contribution < 1.29 is 14.6 Å². The molecule has 2 rings (SSSR count). The van der Waals surface area contributed by atoms with Crippen molar-refractivity contribution in [3.63, 3.8) is 0 Å². The molecule has 1 N–H and O–H groups in total. The molecule has 2 aliphatic rings. The molecule has 86 valence electrons. The van der Waals surface area contributed by atoms with Crippen LogP contribution in [-0.4, -0.2) is 24.3 Å². The molecular formula is C12H20O3. The number of hydrogen-bond acceptors (Lipinski definition) is 2. The van der Waals surface area contributed by atoms with Crippen molar-refractivity contribution in [2.24, 2.45) is 10.8 Å². The molecule has 0 aromatic carbocycles. The van der Waals surface area contributed by atoms with Crippen molar-refractivity contribution in [3.8, 4) is 0 Å². The van der Waals surface area contributed by atoms with E-state index < -0.39 is 5.97 Å². The fourth-order valence-corrected chi connectivity index (χ4v) is 3.24. The topological polar surface area (TPSA) is 46.5 Å². The molecular weight excluding hydrogens is 192 g/mol. The van der Waals surface area contributed by atoms with E-state index in [9.17, 15) is 4.79 Å². The van der Waals surface area contributed by atoms with Gasteiger partial charge in [-0.25, -0.2) is 0 Å². The van der Waals surface area contributed by atoms with E-state index in [2.05, 4.69) is 6.92 Å². The Morgan fingerprint density at radius 2 is 1.87 bits per heavy atom. The zero-order chi connectivity index (χ0) is 10.9. The summed E-state index contributed by atoms with van der Waals surface area (Å²) < 4.78 is 5.39. The molecule has 0 aromatic heterocycles. The van der Waals surface area contributed by atoms with Gasteiger partial charge in [-0.15, -0.1) is 0 Å². The molecule has 2 fully saturated rings. The van der Waals surface area contributed by atoms with E-state index in [0.717, 1.165) is 38.9 Å². The second-order valence-electron chi connectivity index (χ2n) is 5.38. The fourth-order valence-electron chi connectivity index (χ4n) is 3.24. The summed E-state index contributed by atoms with van der Waals surface area (Å²) in [6.07, 6.45) is 5.79. The SMILES string of the molecule is CC1(C2(CC(=O)O)CCC2)CCOCC1. The Hall–Kier alpha value is -0.570. The zero-order valence-corrected chi connectivity index (χ0v) is 9.42. The summed E-state index contributed by atoms with van der Waals surface area (Å²) in [5.41, 5.74) is 0.268. The van der Waals surface area contributed by atoms with Gasteiger partial charge in [0.2, 0.25) is 0 Å². The summed E-state index contributed by atoms with van der Waals surface area (Å²) in [6, 6.07) is 0. The van der Waals surface area contributed by atoms with Crippen molar-refractivity contribution in [1.82, 2.24) is 0 Å². The fraction of sp³-hybridized carbons (Fsp3) is 0.917. The maximum Gasteiger partial charge on any atom is 0.303 e. The van der Waals surface area contributed by atoms with Crippen molar-refractivity contribution in [2.75, 3.05) is 13.2 Å². The molecule has 1 heterocycles. The Balaban J connectivity index is 2.13. The standard InChI is InChI=1S/C12H20O3/c1-11(5-7-15-8-6-11)12(3-2-4-12)9-10(13)14/h2-9H2,1H3,(H,13,14). The Morgan fingerprint density at radius 3 is 2.27 bits per heavy atom. The van der Waals surface area contributed by atoms with Crippen LogP contribution >= 0.6 is 0 Å². The number of rotatable bonds is 3. The molecule has 0 spiro atoms. The average Bonchev–Trinajstić information content (AvgIpc) is 2.12. The molecule has 0 bridgehead atoms. The molecule has 0 radical (unpaired) electrons. The molecule has 15 heavy (non-hydrogen) atoms. The summed E-state index contributed by atoms with van der Waals surface area (Å²) in [5.74, 6) is -0.637. The van der Waals surface area contributed by atoms with E-state index in [1.54, 1.807) is 0 Å². The van der Waals surface area contributed by atoms with Crippen LogP contribution in [0, 0.1) is 10.8 Å². The van der Waals surface area contributed by atoms with Gasteiger partial charge in [0.05, 0.1) is 6.42 Å². The van der Waals surface area contributed by atoms with Crippen molar-refractivity contribution in [1.29, 1.82) is 0 Å². The summed E-state index contributed by atoms with van der Waals surface area (Å²) in [7, 11) is 0. The van der Waals surface area contributed by atoms with Crippen LogP contribution in [0.25, 0.3) is 0 Å². The number of hydrogen-bond donors (Lipinski definition) is 1. The van der Waals surface area contributed by atoms with Gasteiger partial charge in [0.15, 0.2) is 0 Å². The lowest BCUT2D eigenvalue weighted by molar-refractivity contribution is -0.152. The van der Waals surface area contributed by atoms with E-state index in [1.807, 2.05) is 0 Å². The molecule has 0 amide bonds. The molecule has 0 unspecified atom stereocenters. The lowest BCUT2D eigenvalue weighted by atomic mass is 9.50. The predicted octanol–water partition coefficient (Wildman–Crippen LogP) is 2.45. The van der Waals surface area contributed by atoms with E-state index in [4.69, 9.17) is 9.84 Å². The van der Waals surface area contributed by atoms with E-state index >= 15 is 0 Å². The lowest BCUT2D eigenvalue weighted by Gasteiger charge is -2.55. The molecule has 1 saturated carbocycles. The Labute approximate surface area is 90.8 Å². The van der Waals surface area contributed by atoms with Crippen LogP contribution in [0.3, 0.4) is 0 Å². The normalized spacial score (nSPS) is 28.1. The minimum atomic E-state index is -0.637. The van der Waals surface area contributed by atoms with Gasteiger partial charge in [0, 0.05) is 13.2 Å². The molecule has 3 nitrogen and oxygen atoms in total. The van der Waals surface area contributed by atoms with E-state index in [-0.39, 0.29) is 10.8 Å². The average molecular weight is 212 g/mol. The van der Waals surface area contributed by atoms with Gasteiger partial charge in [0.1, 0.15) is 0 Å². The Kier molecular flexibility index (Phi) is 2.75. The van der Waals surface area contributed by atoms with Gasteiger partial charge < -0.3 is 9.84 Å². The first-order valence-corrected chi connectivity index (χ1v) is 5.88. The van der Waals surface area contributed by atoms with Gasteiger partial charge in [-0.05, 0) is 36.5 Å². The van der Waals surface area contributed by atoms with Crippen molar-refractivity contribution in [3.05, 3.63) is 0 Å². The van der Waals surface area contributed by atoms with Crippen LogP contribution in [0.5, 0.6) is 0 Å². The zero-order valence-electron chi connectivity index (χ0n) is 9.42. The quantitative estimate of drug-likeness (QED) is 0.781. The number of carbonyl (C=O) groups is 1. The van der Waals surface area contributed by atoms with Crippen LogP contribution in [0.2, 0.25) is 0 Å². The van der Waals surface area contributed by atoms with E-state index in [0.29, 0.717) is 6.42 Å². The molecule has 1 aliphatic carbocycles. The van der Waals surface area contributed by atoms with Crippen LogP contribution in [0.15, 0.2) is 0 Å². The van der Waals surface area contributed by atoms with E-state index in [1.165, 1.54) is 6.42 Å². The minimum Gasteiger partial charge on any atom is -0.481 e. The number of carboxylic acids is 1. The maximum absolute atomic E-state index is 11.0. The van der Waals surface area contributed by atoms with Gasteiger partial charge in [-0.3, -0.25) is 4.79 Å². The number of carboxylic acid groups (broad SMARTS) is 1. The van der Waals surface area contributed by atoms with Crippen LogP contribution < -0.4 is 0 Å². The highest BCUT2D eigenvalue weighted by molar-refractivity contribution is 5.68. The second kappa shape index (κ2) is 3.78. The van der Waals surface area contributed by atoms with Gasteiger partial charge in [-0.1, -0.05) is 13.3 Å². The molecule has 0 atom stereocenters. The highest BCUT2D eigenvalue weighted by Gasteiger charge is 2.52. The summed E-state index contributed by atoms with van der Waals surface area (Å²) in [5, 5.41) is 9.03. The first kappa shape index (κ1) is 10.9. The van der Waals surface area contributed by atoms with Crippen LogP contribution in [-0.2, 0) is 9.53 Å². The Morgan fingerprint density at radius 1 is 1.27 bits per heavy atom. The highest BCUT2D eigenvalue weighted by atomic mass is 16.5. The predicted molar refractivity (Wildman–Crippen MR) is 56.7 cm³/mol. The number of aliphatic carboxylic acids is 1. The van der Waals surface area contributed by atoms with Gasteiger partial charge >= 0.3 is 5.97 Å². The molecule has 0 aromatic rings. The molecule has 1 aliphatic heterocycles. The third-order valence-corrected chi connectivity index (χ3v) is 4.68. The Bertz CT molecular complexity index is 250. The maximum atomic E-state index is 11.0. The lowest BCUT2D eigenvalue weighted by Crippen LogP contribution is -2.49. The first-order chi connectivity index (χ1) is 7.08. The smallest absolute Gasteiger partial charge is 0.303 e. The summed E-state index contributed by atoms with van der Waals surface area (Å²) >= 11 is 0. The monoisotopic (exact) mass is 212 g/mol. The third kappa shape index (κ3) is 1.78. The van der Waals surface area contributed by atoms with Gasteiger partial charge in [0.25, 0.3) is 0 Å². The van der Waals surface area contributed by atoms with Crippen LogP contribution in [0.4, 0.5) is 0 Å². The highest BCUT2D eigenvalue weighted by Crippen LogP contribution is 2.60.